The van der Waals surface area contributed by atoms with E-state index in [0.717, 1.165) is 6.29 Å². The molecule has 0 atom stereocenters. The Hall–Kier alpha value is -0.700. The Kier molecular flexibility index (Phi) is 5.01. The van der Waals surface area contributed by atoms with Crippen LogP contribution in [0.25, 0.3) is 0 Å². The van der Waals surface area contributed by atoms with Gasteiger partial charge < -0.3 is 0 Å². The van der Waals surface area contributed by atoms with E-state index in [-0.39, 0.29) is 0 Å². The van der Waals surface area contributed by atoms with Crippen LogP contribution in [0.3, 0.4) is 0 Å². The number of hydrogen-bond acceptors (Lipinski definition) is 3. The highest BCUT2D eigenvalue weighted by Crippen LogP contribution is 1.95. The fourth-order valence-corrected chi connectivity index (χ4v) is 0.753. The molecule has 0 saturated heterocycles. The van der Waals surface area contributed by atoms with Gasteiger partial charge in [-0.1, -0.05) is 13.8 Å². The summed E-state index contributed by atoms with van der Waals surface area (Å²) >= 11 is 1.28. The van der Waals surface area contributed by atoms with E-state index in [1.165, 1.54) is 17.7 Å². The van der Waals surface area contributed by atoms with Gasteiger partial charge in [-0.15, -0.1) is 0 Å². The maximum absolute atomic E-state index is 9.83. The van der Waals surface area contributed by atoms with Gasteiger partial charge in [0.1, 0.15) is 0 Å². The first-order valence-electron chi connectivity index (χ1n) is 2.78. The maximum Gasteiger partial charge on any atom is 0.152 e. The molecule has 2 nitrogen and oxygen atoms in total. The van der Waals surface area contributed by atoms with Crippen molar-refractivity contribution in [2.24, 2.45) is 0 Å². The third-order valence-electron chi connectivity index (χ3n) is 0.588. The Morgan fingerprint density at radius 2 is 2.33 bits per heavy atom. The molecule has 9 heavy (non-hydrogen) atoms. The second-order valence-corrected chi connectivity index (χ2v) is 1.73. The highest BCUT2D eigenvalue weighted by atomic mass is 32.1. The van der Waals surface area contributed by atoms with Crippen molar-refractivity contribution in [1.82, 2.24) is 4.37 Å². The van der Waals surface area contributed by atoms with Crippen molar-refractivity contribution < 1.29 is 4.79 Å². The van der Waals surface area contributed by atoms with Crippen molar-refractivity contribution in [2.75, 3.05) is 0 Å². The largest absolute Gasteiger partial charge is 0.298 e. The number of aromatic nitrogens is 1. The van der Waals surface area contributed by atoms with Crippen molar-refractivity contribution in [1.29, 1.82) is 0 Å². The van der Waals surface area contributed by atoms with Gasteiger partial charge in [0, 0.05) is 10.9 Å². The lowest BCUT2D eigenvalue weighted by molar-refractivity contribution is 0.112. The average molecular weight is 143 g/mol. The minimum atomic E-state index is 0.657. The highest BCUT2D eigenvalue weighted by molar-refractivity contribution is 7.03. The monoisotopic (exact) mass is 143 g/mol. The second kappa shape index (κ2) is 5.44. The zero-order chi connectivity index (χ0) is 7.11. The van der Waals surface area contributed by atoms with E-state index in [0.29, 0.717) is 5.56 Å². The van der Waals surface area contributed by atoms with Crippen LogP contribution in [0.5, 0.6) is 0 Å². The van der Waals surface area contributed by atoms with Crippen molar-refractivity contribution in [3.8, 4) is 0 Å². The van der Waals surface area contributed by atoms with Gasteiger partial charge in [-0.2, -0.15) is 0 Å². The van der Waals surface area contributed by atoms with Gasteiger partial charge in [-0.3, -0.25) is 4.79 Å². The molecule has 0 aliphatic rings. The quantitative estimate of drug-likeness (QED) is 0.563. The van der Waals surface area contributed by atoms with Gasteiger partial charge in [0.05, 0.1) is 6.20 Å². The van der Waals surface area contributed by atoms with Crippen LogP contribution in [0.1, 0.15) is 24.2 Å². The molecule has 50 valence electrons. The molecule has 3 heteroatoms. The number of nitrogens with zero attached hydrogens (tertiary/aromatic N) is 1. The molecule has 0 spiro atoms. The van der Waals surface area contributed by atoms with Crippen LogP contribution in [-0.4, -0.2) is 10.7 Å². The Morgan fingerprint density at radius 3 is 2.56 bits per heavy atom. The van der Waals surface area contributed by atoms with Gasteiger partial charge in [-0.05, 0) is 11.5 Å². The topological polar surface area (TPSA) is 30.0 Å². The second-order valence-electron chi connectivity index (χ2n) is 1.08. The molecular formula is C6H9NOS. The van der Waals surface area contributed by atoms with Crippen LogP contribution in [0.2, 0.25) is 0 Å². The SMILES string of the molecule is CC.O=Cc1cnsc1. The molecule has 1 aromatic heterocycles. The first-order valence-corrected chi connectivity index (χ1v) is 3.61. The lowest BCUT2D eigenvalue weighted by Crippen LogP contribution is -1.65. The third-order valence-corrected chi connectivity index (χ3v) is 1.19. The smallest absolute Gasteiger partial charge is 0.152 e. The summed E-state index contributed by atoms with van der Waals surface area (Å²) < 4.78 is 3.70. The van der Waals surface area contributed by atoms with E-state index in [9.17, 15) is 4.79 Å². The van der Waals surface area contributed by atoms with Gasteiger partial charge >= 0.3 is 0 Å². The summed E-state index contributed by atoms with van der Waals surface area (Å²) in [6.45, 7) is 4.00. The van der Waals surface area contributed by atoms with Gasteiger partial charge in [0.25, 0.3) is 0 Å². The van der Waals surface area contributed by atoms with Crippen LogP contribution in [-0.2, 0) is 0 Å². The van der Waals surface area contributed by atoms with Crippen molar-refractivity contribution in [2.45, 2.75) is 13.8 Å². The van der Waals surface area contributed by atoms with E-state index in [2.05, 4.69) is 4.37 Å². The van der Waals surface area contributed by atoms with Crippen LogP contribution in [0, 0.1) is 0 Å². The van der Waals surface area contributed by atoms with E-state index >= 15 is 0 Å². The molecule has 0 amide bonds. The molecule has 0 aliphatic carbocycles. The molecule has 0 fully saturated rings. The van der Waals surface area contributed by atoms with Gasteiger partial charge in [0.2, 0.25) is 0 Å². The zero-order valence-corrected chi connectivity index (χ0v) is 6.31. The summed E-state index contributed by atoms with van der Waals surface area (Å²) in [5, 5.41) is 1.70. The highest BCUT2D eigenvalue weighted by Gasteiger charge is 1.84. The number of hydrogen-bond donors (Lipinski definition) is 0. The predicted molar refractivity (Wildman–Crippen MR) is 38.8 cm³/mol. The lowest BCUT2D eigenvalue weighted by atomic mass is 10.4. The third kappa shape index (κ3) is 2.98. The van der Waals surface area contributed by atoms with Crippen LogP contribution >= 0.6 is 11.5 Å². The number of rotatable bonds is 1. The molecule has 0 unspecified atom stereocenters. The van der Waals surface area contributed by atoms with Gasteiger partial charge in [0.15, 0.2) is 6.29 Å². The van der Waals surface area contributed by atoms with E-state index in [1.807, 2.05) is 13.8 Å². The van der Waals surface area contributed by atoms with E-state index in [4.69, 9.17) is 0 Å². The van der Waals surface area contributed by atoms with Crippen LogP contribution in [0.15, 0.2) is 11.6 Å². The molecular weight excluding hydrogens is 134 g/mol. The maximum atomic E-state index is 9.83. The van der Waals surface area contributed by atoms with Crippen LogP contribution in [0.4, 0.5) is 0 Å². The Morgan fingerprint density at radius 1 is 1.67 bits per heavy atom. The number of carbonyl (C=O) groups is 1. The molecule has 0 radical (unpaired) electrons. The lowest BCUT2D eigenvalue weighted by Gasteiger charge is -1.63. The van der Waals surface area contributed by atoms with Gasteiger partial charge in [-0.25, -0.2) is 4.37 Å². The summed E-state index contributed by atoms with van der Waals surface area (Å²) in [5.74, 6) is 0. The molecule has 0 aliphatic heterocycles. The minimum Gasteiger partial charge on any atom is -0.298 e. The normalized spacial score (nSPS) is 7.33. The molecule has 1 aromatic rings. The fraction of sp³-hybridized carbons (Fsp3) is 0.333. The first-order chi connectivity index (χ1) is 4.43. The van der Waals surface area contributed by atoms with Crippen molar-refractivity contribution in [3.05, 3.63) is 17.1 Å². The minimum absolute atomic E-state index is 0.657. The standard InChI is InChI=1S/C4H3NOS.C2H6/c6-2-4-1-5-7-3-4;1-2/h1-3H;1-2H3. The van der Waals surface area contributed by atoms with E-state index < -0.39 is 0 Å². The van der Waals surface area contributed by atoms with Crippen LogP contribution < -0.4 is 0 Å². The molecule has 0 N–H and O–H groups in total. The van der Waals surface area contributed by atoms with Crippen molar-refractivity contribution >= 4 is 17.8 Å². The van der Waals surface area contributed by atoms with E-state index in [1.54, 1.807) is 5.38 Å². The Balaban J connectivity index is 0.000000291. The zero-order valence-electron chi connectivity index (χ0n) is 5.50. The average Bonchev–Trinajstić information content (AvgIpc) is 2.43. The molecule has 0 bridgehead atoms. The summed E-state index contributed by atoms with van der Waals surface area (Å²) in [4.78, 5) is 9.83. The Bertz CT molecular complexity index is 148. The first kappa shape index (κ1) is 8.30. The fourth-order valence-electron chi connectivity index (χ4n) is 0.271. The molecule has 0 aromatic carbocycles. The van der Waals surface area contributed by atoms with Crippen molar-refractivity contribution in [3.63, 3.8) is 0 Å². The summed E-state index contributed by atoms with van der Waals surface area (Å²) in [7, 11) is 0. The number of aldehydes is 1. The molecule has 0 saturated carbocycles. The molecule has 1 rings (SSSR count). The summed E-state index contributed by atoms with van der Waals surface area (Å²) in [6.07, 6.45) is 2.32. The Labute approximate surface area is 58.7 Å². The predicted octanol–water partition coefficient (Wildman–Crippen LogP) is 1.98. The summed E-state index contributed by atoms with van der Waals surface area (Å²) in [6, 6.07) is 0. The molecule has 1 heterocycles. The summed E-state index contributed by atoms with van der Waals surface area (Å²) in [5.41, 5.74) is 0.657. The number of carbonyl (C=O) groups excluding carboxylic acids is 1.